The van der Waals surface area contributed by atoms with E-state index in [1.54, 1.807) is 0 Å². The van der Waals surface area contributed by atoms with Gasteiger partial charge in [-0.1, -0.05) is 30.2 Å². The molecule has 0 aromatic carbocycles. The van der Waals surface area contributed by atoms with Crippen molar-refractivity contribution >= 4 is 12.3 Å². The maximum atomic E-state index is 12.4. The number of allylic oxidation sites excluding steroid dienone is 3. The van der Waals surface area contributed by atoms with Crippen LogP contribution in [0.5, 0.6) is 0 Å². The SMILES string of the molecule is CC(C)=CCC[C@@H](C)[C@H]1[C@H]2C(=O)O[C@@H]1C/C(C)=C/CC[C@@H]2C=O. The van der Waals surface area contributed by atoms with Crippen molar-refractivity contribution in [2.24, 2.45) is 23.7 Å². The summed E-state index contributed by atoms with van der Waals surface area (Å²) < 4.78 is 5.71. The summed E-state index contributed by atoms with van der Waals surface area (Å²) in [4.78, 5) is 24.0. The van der Waals surface area contributed by atoms with Crippen LogP contribution in [0.1, 0.15) is 59.8 Å². The lowest BCUT2D eigenvalue weighted by molar-refractivity contribution is -0.146. The normalized spacial score (nSPS) is 34.3. The van der Waals surface area contributed by atoms with Gasteiger partial charge in [0.2, 0.25) is 0 Å². The smallest absolute Gasteiger partial charge is 0.310 e. The number of carbonyl (C=O) groups is 2. The van der Waals surface area contributed by atoms with Crippen molar-refractivity contribution in [2.45, 2.75) is 65.9 Å². The van der Waals surface area contributed by atoms with Crippen LogP contribution in [-0.4, -0.2) is 18.4 Å². The number of ether oxygens (including phenoxy) is 1. The predicted octanol–water partition coefficient (Wildman–Crippen LogP) is 4.47. The molecule has 1 saturated heterocycles. The van der Waals surface area contributed by atoms with Gasteiger partial charge < -0.3 is 9.53 Å². The molecular formula is C20H30O3. The van der Waals surface area contributed by atoms with Crippen LogP contribution in [0.15, 0.2) is 23.3 Å². The van der Waals surface area contributed by atoms with E-state index in [2.05, 4.69) is 39.8 Å². The third kappa shape index (κ3) is 4.33. The van der Waals surface area contributed by atoms with E-state index < -0.39 is 0 Å². The van der Waals surface area contributed by atoms with Gasteiger partial charge in [-0.3, -0.25) is 4.79 Å². The first-order chi connectivity index (χ1) is 10.9. The van der Waals surface area contributed by atoms with Crippen LogP contribution in [0.25, 0.3) is 0 Å². The topological polar surface area (TPSA) is 43.4 Å². The first-order valence-electron chi connectivity index (χ1n) is 8.88. The Hall–Kier alpha value is -1.38. The molecule has 5 atom stereocenters. The van der Waals surface area contributed by atoms with Crippen LogP contribution >= 0.6 is 0 Å². The average molecular weight is 318 g/mol. The molecule has 2 rings (SSSR count). The molecule has 0 aromatic heterocycles. The Bertz CT molecular complexity index is 499. The quantitative estimate of drug-likeness (QED) is 0.427. The van der Waals surface area contributed by atoms with Crippen LogP contribution in [0.4, 0.5) is 0 Å². The molecule has 128 valence electrons. The standard InChI is InChI=1S/C20H30O3/c1-13(2)7-5-9-15(4)18-17-11-14(3)8-6-10-16(12-21)19(18)20(22)23-17/h7-8,12,15-19H,5-6,9-11H2,1-4H3/b14-8+/t15-,16-,17-,18-,19+/m1/s1. The highest BCUT2D eigenvalue weighted by atomic mass is 16.6. The second kappa shape index (κ2) is 7.94. The largest absolute Gasteiger partial charge is 0.461 e. The monoisotopic (exact) mass is 318 g/mol. The molecule has 0 radical (unpaired) electrons. The van der Waals surface area contributed by atoms with Crippen molar-refractivity contribution in [1.82, 2.24) is 0 Å². The van der Waals surface area contributed by atoms with Crippen molar-refractivity contribution in [2.75, 3.05) is 0 Å². The molecule has 3 nitrogen and oxygen atoms in total. The van der Waals surface area contributed by atoms with Crippen molar-refractivity contribution in [3.63, 3.8) is 0 Å². The zero-order valence-corrected chi connectivity index (χ0v) is 14.9. The van der Waals surface area contributed by atoms with Gasteiger partial charge in [-0.25, -0.2) is 0 Å². The van der Waals surface area contributed by atoms with E-state index in [1.807, 2.05) is 0 Å². The minimum Gasteiger partial charge on any atom is -0.461 e. The molecule has 0 N–H and O–H groups in total. The fourth-order valence-electron chi connectivity index (χ4n) is 4.14. The average Bonchev–Trinajstić information content (AvgIpc) is 2.81. The summed E-state index contributed by atoms with van der Waals surface area (Å²) in [6.07, 6.45) is 9.88. The first kappa shape index (κ1) is 18.0. The molecule has 1 fully saturated rings. The zero-order valence-electron chi connectivity index (χ0n) is 14.9. The van der Waals surface area contributed by atoms with Gasteiger partial charge in [0.25, 0.3) is 0 Å². The van der Waals surface area contributed by atoms with E-state index in [-0.39, 0.29) is 29.8 Å². The van der Waals surface area contributed by atoms with E-state index in [0.717, 1.165) is 38.4 Å². The van der Waals surface area contributed by atoms with E-state index in [9.17, 15) is 9.59 Å². The number of fused-ring (bicyclic) bond motifs is 2. The molecule has 2 aliphatic rings. The second-order valence-electron chi connectivity index (χ2n) is 7.55. The summed E-state index contributed by atoms with van der Waals surface area (Å²) in [5.74, 6) is -0.0740. The summed E-state index contributed by atoms with van der Waals surface area (Å²) in [7, 11) is 0. The Morgan fingerprint density at radius 1 is 1.43 bits per heavy atom. The molecule has 1 aliphatic heterocycles. The summed E-state index contributed by atoms with van der Waals surface area (Å²) in [5, 5.41) is 0. The number of hydrogen-bond acceptors (Lipinski definition) is 3. The van der Waals surface area contributed by atoms with Crippen LogP contribution < -0.4 is 0 Å². The zero-order chi connectivity index (χ0) is 17.0. The van der Waals surface area contributed by atoms with E-state index in [1.165, 1.54) is 11.1 Å². The Kier molecular flexibility index (Phi) is 6.20. The van der Waals surface area contributed by atoms with Gasteiger partial charge in [-0.2, -0.15) is 0 Å². The van der Waals surface area contributed by atoms with Crippen molar-refractivity contribution in [1.29, 1.82) is 0 Å². The van der Waals surface area contributed by atoms with Gasteiger partial charge in [0.15, 0.2) is 0 Å². The number of carbonyl (C=O) groups excluding carboxylic acids is 2. The summed E-state index contributed by atoms with van der Waals surface area (Å²) >= 11 is 0. The van der Waals surface area contributed by atoms with Crippen LogP contribution in [-0.2, 0) is 14.3 Å². The highest BCUT2D eigenvalue weighted by Crippen LogP contribution is 2.44. The van der Waals surface area contributed by atoms with Gasteiger partial charge in [0, 0.05) is 18.3 Å². The molecule has 3 heteroatoms. The number of hydrogen-bond donors (Lipinski definition) is 0. The summed E-state index contributed by atoms with van der Waals surface area (Å²) in [6, 6.07) is 0. The highest BCUT2D eigenvalue weighted by molar-refractivity contribution is 5.79. The molecule has 0 spiro atoms. The molecule has 0 aromatic rings. The van der Waals surface area contributed by atoms with Crippen LogP contribution in [0.2, 0.25) is 0 Å². The molecular weight excluding hydrogens is 288 g/mol. The maximum absolute atomic E-state index is 12.4. The van der Waals surface area contributed by atoms with E-state index in [4.69, 9.17) is 4.74 Å². The summed E-state index contributed by atoms with van der Waals surface area (Å²) in [6.45, 7) is 8.53. The lowest BCUT2D eigenvalue weighted by Crippen LogP contribution is -2.33. The molecule has 0 amide bonds. The van der Waals surface area contributed by atoms with Gasteiger partial charge in [0.1, 0.15) is 12.4 Å². The number of esters is 1. The Morgan fingerprint density at radius 3 is 2.83 bits per heavy atom. The molecule has 23 heavy (non-hydrogen) atoms. The fraction of sp³-hybridized carbons (Fsp3) is 0.700. The van der Waals surface area contributed by atoms with Crippen molar-refractivity contribution in [3.8, 4) is 0 Å². The first-order valence-corrected chi connectivity index (χ1v) is 8.88. The minimum absolute atomic E-state index is 0.0639. The molecule has 0 saturated carbocycles. The Morgan fingerprint density at radius 2 is 2.17 bits per heavy atom. The lowest BCUT2D eigenvalue weighted by Gasteiger charge is -2.28. The molecule has 1 heterocycles. The number of rotatable bonds is 5. The van der Waals surface area contributed by atoms with E-state index in [0.29, 0.717) is 5.92 Å². The second-order valence-corrected chi connectivity index (χ2v) is 7.55. The predicted molar refractivity (Wildman–Crippen MR) is 91.9 cm³/mol. The Balaban J connectivity index is 2.22. The number of aldehydes is 1. The van der Waals surface area contributed by atoms with Crippen molar-refractivity contribution in [3.05, 3.63) is 23.3 Å². The minimum atomic E-state index is -0.251. The van der Waals surface area contributed by atoms with E-state index >= 15 is 0 Å². The molecule has 0 unspecified atom stereocenters. The van der Waals surface area contributed by atoms with Gasteiger partial charge in [-0.15, -0.1) is 0 Å². The molecule has 2 bridgehead atoms. The Labute approximate surface area is 140 Å². The molecule has 1 aliphatic carbocycles. The van der Waals surface area contributed by atoms with Gasteiger partial charge in [0.05, 0.1) is 5.92 Å². The highest BCUT2D eigenvalue weighted by Gasteiger charge is 2.50. The summed E-state index contributed by atoms with van der Waals surface area (Å²) in [5.41, 5.74) is 2.60. The maximum Gasteiger partial charge on any atom is 0.310 e. The van der Waals surface area contributed by atoms with Crippen LogP contribution in [0, 0.1) is 23.7 Å². The van der Waals surface area contributed by atoms with Crippen molar-refractivity contribution < 1.29 is 14.3 Å². The third-order valence-corrected chi connectivity index (χ3v) is 5.37. The van der Waals surface area contributed by atoms with Gasteiger partial charge in [-0.05, 0) is 52.4 Å². The van der Waals surface area contributed by atoms with Crippen LogP contribution in [0.3, 0.4) is 0 Å². The van der Waals surface area contributed by atoms with Gasteiger partial charge >= 0.3 is 5.97 Å². The third-order valence-electron chi connectivity index (χ3n) is 5.37. The fourth-order valence-corrected chi connectivity index (χ4v) is 4.14. The lowest BCUT2D eigenvalue weighted by atomic mass is 9.72.